The summed E-state index contributed by atoms with van der Waals surface area (Å²) in [5, 5.41) is 3.46. The number of hydrazine groups is 1. The van der Waals surface area contributed by atoms with E-state index in [9.17, 15) is 0 Å². The minimum atomic E-state index is 0.289. The van der Waals surface area contributed by atoms with Gasteiger partial charge in [-0.2, -0.15) is 0 Å². The SMILES string of the molecule is Cc1c(NN)nc(C(C)C)nc1NCCCC1CCCC1. The van der Waals surface area contributed by atoms with E-state index >= 15 is 0 Å². The highest BCUT2D eigenvalue weighted by Crippen LogP contribution is 2.28. The third kappa shape index (κ3) is 4.30. The minimum Gasteiger partial charge on any atom is -0.370 e. The maximum absolute atomic E-state index is 5.56. The molecule has 5 nitrogen and oxygen atoms in total. The predicted molar refractivity (Wildman–Crippen MR) is 88.3 cm³/mol. The van der Waals surface area contributed by atoms with Gasteiger partial charge in [0.25, 0.3) is 0 Å². The van der Waals surface area contributed by atoms with Crippen LogP contribution in [0.2, 0.25) is 0 Å². The molecule has 5 heteroatoms. The molecule has 0 aliphatic heterocycles. The molecular formula is C16H29N5. The second kappa shape index (κ2) is 7.59. The van der Waals surface area contributed by atoms with Crippen molar-refractivity contribution in [2.45, 2.75) is 65.2 Å². The summed E-state index contributed by atoms with van der Waals surface area (Å²) in [5.41, 5.74) is 3.66. The highest BCUT2D eigenvalue weighted by Gasteiger charge is 2.15. The molecule has 2 rings (SSSR count). The van der Waals surface area contributed by atoms with Crippen LogP contribution in [0, 0.1) is 12.8 Å². The van der Waals surface area contributed by atoms with Crippen molar-refractivity contribution in [2.24, 2.45) is 11.8 Å². The lowest BCUT2D eigenvalue weighted by atomic mass is 10.0. The molecule has 118 valence electrons. The van der Waals surface area contributed by atoms with E-state index < -0.39 is 0 Å². The van der Waals surface area contributed by atoms with E-state index in [0.29, 0.717) is 5.82 Å². The number of nitrogen functional groups attached to an aromatic ring is 1. The molecule has 0 radical (unpaired) electrons. The zero-order chi connectivity index (χ0) is 15.2. The molecule has 0 bridgehead atoms. The summed E-state index contributed by atoms with van der Waals surface area (Å²) < 4.78 is 0. The van der Waals surface area contributed by atoms with Gasteiger partial charge in [0.2, 0.25) is 0 Å². The molecule has 1 fully saturated rings. The second-order valence-electron chi connectivity index (χ2n) is 6.42. The van der Waals surface area contributed by atoms with E-state index in [2.05, 4.69) is 34.6 Å². The van der Waals surface area contributed by atoms with Crippen LogP contribution in [0.4, 0.5) is 11.6 Å². The Kier molecular flexibility index (Phi) is 5.79. The molecule has 1 heterocycles. The van der Waals surface area contributed by atoms with E-state index in [1.807, 2.05) is 6.92 Å². The minimum absolute atomic E-state index is 0.289. The Bertz CT molecular complexity index is 452. The Hall–Kier alpha value is -1.36. The van der Waals surface area contributed by atoms with Gasteiger partial charge in [0.1, 0.15) is 17.5 Å². The lowest BCUT2D eigenvalue weighted by Gasteiger charge is -2.15. The smallest absolute Gasteiger partial charge is 0.148 e. The molecule has 1 aliphatic carbocycles. The van der Waals surface area contributed by atoms with Crippen molar-refractivity contribution < 1.29 is 0 Å². The Balaban J connectivity index is 1.92. The van der Waals surface area contributed by atoms with Crippen LogP contribution in [0.25, 0.3) is 0 Å². The number of hydrogen-bond donors (Lipinski definition) is 3. The van der Waals surface area contributed by atoms with Crippen molar-refractivity contribution in [3.63, 3.8) is 0 Å². The van der Waals surface area contributed by atoms with E-state index in [1.165, 1.54) is 38.5 Å². The first kappa shape index (κ1) is 16.0. The van der Waals surface area contributed by atoms with Gasteiger partial charge in [0.15, 0.2) is 0 Å². The molecule has 1 aromatic rings. The van der Waals surface area contributed by atoms with Crippen molar-refractivity contribution in [3.05, 3.63) is 11.4 Å². The molecule has 0 unspecified atom stereocenters. The number of nitrogens with zero attached hydrogens (tertiary/aromatic N) is 2. The molecule has 1 saturated carbocycles. The van der Waals surface area contributed by atoms with E-state index in [1.54, 1.807) is 0 Å². The van der Waals surface area contributed by atoms with Crippen LogP contribution < -0.4 is 16.6 Å². The molecule has 0 aromatic carbocycles. The molecule has 0 spiro atoms. The molecule has 0 atom stereocenters. The van der Waals surface area contributed by atoms with Crippen LogP contribution in [0.3, 0.4) is 0 Å². The molecule has 0 saturated heterocycles. The summed E-state index contributed by atoms with van der Waals surface area (Å²) in [5.74, 6) is 9.25. The van der Waals surface area contributed by atoms with Crippen molar-refractivity contribution in [3.8, 4) is 0 Å². The highest BCUT2D eigenvalue weighted by atomic mass is 15.3. The maximum atomic E-state index is 5.56. The van der Waals surface area contributed by atoms with E-state index in [-0.39, 0.29) is 5.92 Å². The quantitative estimate of drug-likeness (QED) is 0.407. The molecule has 4 N–H and O–H groups in total. The first-order valence-corrected chi connectivity index (χ1v) is 8.20. The zero-order valence-electron chi connectivity index (χ0n) is 13.6. The lowest BCUT2D eigenvalue weighted by Crippen LogP contribution is -2.16. The fourth-order valence-electron chi connectivity index (χ4n) is 3.00. The zero-order valence-corrected chi connectivity index (χ0v) is 13.6. The van der Waals surface area contributed by atoms with Crippen LogP contribution in [-0.2, 0) is 0 Å². The standard InChI is InChI=1S/C16H29N5/c1-11(2)14-19-15(12(3)16(20-14)21-17)18-10-6-9-13-7-4-5-8-13/h11,13H,4-10,17H2,1-3H3,(H2,18,19,20,21). The van der Waals surface area contributed by atoms with Crippen molar-refractivity contribution in [2.75, 3.05) is 17.3 Å². The number of nitrogens with one attached hydrogen (secondary N) is 2. The summed E-state index contributed by atoms with van der Waals surface area (Å²) in [6.45, 7) is 7.15. The summed E-state index contributed by atoms with van der Waals surface area (Å²) in [6.07, 6.45) is 8.22. The summed E-state index contributed by atoms with van der Waals surface area (Å²) >= 11 is 0. The second-order valence-corrected chi connectivity index (χ2v) is 6.42. The largest absolute Gasteiger partial charge is 0.370 e. The fourth-order valence-corrected chi connectivity index (χ4v) is 3.00. The third-order valence-electron chi connectivity index (χ3n) is 4.37. The number of nitrogens with two attached hydrogens (primary N) is 1. The van der Waals surface area contributed by atoms with E-state index in [4.69, 9.17) is 5.84 Å². The topological polar surface area (TPSA) is 75.9 Å². The molecular weight excluding hydrogens is 262 g/mol. The average molecular weight is 291 g/mol. The van der Waals surface area contributed by atoms with E-state index in [0.717, 1.165) is 29.7 Å². The first-order valence-electron chi connectivity index (χ1n) is 8.20. The summed E-state index contributed by atoms with van der Waals surface area (Å²) in [4.78, 5) is 9.09. The molecule has 1 aromatic heterocycles. The predicted octanol–water partition coefficient (Wildman–Crippen LogP) is 3.58. The van der Waals surface area contributed by atoms with Crippen LogP contribution in [0.1, 0.15) is 69.7 Å². The first-order chi connectivity index (χ1) is 10.1. The van der Waals surface area contributed by atoms with Gasteiger partial charge in [-0.25, -0.2) is 15.8 Å². The Morgan fingerprint density at radius 3 is 2.48 bits per heavy atom. The number of aromatic nitrogens is 2. The Morgan fingerprint density at radius 1 is 1.19 bits per heavy atom. The number of hydrogen-bond acceptors (Lipinski definition) is 5. The van der Waals surface area contributed by atoms with Gasteiger partial charge in [-0.05, 0) is 25.7 Å². The van der Waals surface area contributed by atoms with Crippen molar-refractivity contribution in [1.29, 1.82) is 0 Å². The van der Waals surface area contributed by atoms with Crippen LogP contribution in [0.15, 0.2) is 0 Å². The van der Waals surface area contributed by atoms with Gasteiger partial charge in [-0.15, -0.1) is 0 Å². The van der Waals surface area contributed by atoms with Gasteiger partial charge >= 0.3 is 0 Å². The fraction of sp³-hybridized carbons (Fsp3) is 0.750. The van der Waals surface area contributed by atoms with Crippen molar-refractivity contribution in [1.82, 2.24) is 9.97 Å². The molecule has 0 amide bonds. The summed E-state index contributed by atoms with van der Waals surface area (Å²) in [6, 6.07) is 0. The monoisotopic (exact) mass is 291 g/mol. The van der Waals surface area contributed by atoms with Crippen LogP contribution in [-0.4, -0.2) is 16.5 Å². The van der Waals surface area contributed by atoms with Gasteiger partial charge in [-0.1, -0.05) is 39.5 Å². The van der Waals surface area contributed by atoms with Crippen molar-refractivity contribution >= 4 is 11.6 Å². The summed E-state index contributed by atoms with van der Waals surface area (Å²) in [7, 11) is 0. The van der Waals surface area contributed by atoms with Gasteiger partial charge in [-0.3, -0.25) is 0 Å². The van der Waals surface area contributed by atoms with Gasteiger partial charge in [0, 0.05) is 18.0 Å². The average Bonchev–Trinajstić information content (AvgIpc) is 2.98. The normalized spacial score (nSPS) is 15.7. The Labute approximate surface area is 128 Å². The lowest BCUT2D eigenvalue weighted by molar-refractivity contribution is 0.491. The van der Waals surface area contributed by atoms with Crippen LogP contribution in [0.5, 0.6) is 0 Å². The van der Waals surface area contributed by atoms with Gasteiger partial charge in [0.05, 0.1) is 0 Å². The van der Waals surface area contributed by atoms with Crippen LogP contribution >= 0.6 is 0 Å². The Morgan fingerprint density at radius 2 is 1.86 bits per heavy atom. The number of anilines is 2. The number of rotatable bonds is 7. The highest BCUT2D eigenvalue weighted by molar-refractivity contribution is 5.56. The van der Waals surface area contributed by atoms with Gasteiger partial charge < -0.3 is 10.7 Å². The molecule has 21 heavy (non-hydrogen) atoms. The molecule has 1 aliphatic rings. The maximum Gasteiger partial charge on any atom is 0.148 e. The third-order valence-corrected chi connectivity index (χ3v) is 4.37.